The van der Waals surface area contributed by atoms with E-state index in [1.807, 2.05) is 18.2 Å². The molecular formula is C11H12O4. The van der Waals surface area contributed by atoms with Crippen molar-refractivity contribution in [2.24, 2.45) is 0 Å². The monoisotopic (exact) mass is 208 g/mol. The van der Waals surface area contributed by atoms with Crippen LogP contribution in [0, 0.1) is 0 Å². The van der Waals surface area contributed by atoms with E-state index in [-0.39, 0.29) is 6.10 Å². The molecule has 1 saturated heterocycles. The lowest BCUT2D eigenvalue weighted by molar-refractivity contribution is -0.142. The second-order valence-corrected chi connectivity index (χ2v) is 3.69. The summed E-state index contributed by atoms with van der Waals surface area (Å²) in [6.45, 7) is 1.57. The van der Waals surface area contributed by atoms with Gasteiger partial charge in [-0.15, -0.1) is 0 Å². The Morgan fingerprint density at radius 2 is 2.33 bits per heavy atom. The van der Waals surface area contributed by atoms with Crippen molar-refractivity contribution in [3.63, 3.8) is 0 Å². The van der Waals surface area contributed by atoms with Crippen molar-refractivity contribution in [2.45, 2.75) is 18.6 Å². The van der Waals surface area contributed by atoms with Crippen LogP contribution >= 0.6 is 0 Å². The molecule has 0 spiro atoms. The largest absolute Gasteiger partial charge is 0.497 e. The van der Waals surface area contributed by atoms with Crippen molar-refractivity contribution in [3.05, 3.63) is 29.8 Å². The highest BCUT2D eigenvalue weighted by atomic mass is 16.6. The zero-order valence-corrected chi connectivity index (χ0v) is 8.56. The summed E-state index contributed by atoms with van der Waals surface area (Å²) < 4.78 is 10.3. The molecule has 1 heterocycles. The van der Waals surface area contributed by atoms with Crippen molar-refractivity contribution < 1.29 is 19.4 Å². The first-order valence-electron chi connectivity index (χ1n) is 4.63. The maximum Gasteiger partial charge on any atom is 0.338 e. The van der Waals surface area contributed by atoms with Gasteiger partial charge in [-0.25, -0.2) is 4.79 Å². The standard InChI is InChI=1S/C11H12O4/c1-11(10(12)13)9(15-11)7-4-3-5-8(6-7)14-2/h3-6,9H,1-2H3,(H,12,13)/t9-,11+/m0/s1. The number of aliphatic carboxylic acids is 1. The van der Waals surface area contributed by atoms with Crippen LogP contribution in [0.3, 0.4) is 0 Å². The molecule has 1 fully saturated rings. The molecular weight excluding hydrogens is 196 g/mol. The molecule has 0 radical (unpaired) electrons. The summed E-state index contributed by atoms with van der Waals surface area (Å²) in [5.74, 6) is -0.231. The van der Waals surface area contributed by atoms with Gasteiger partial charge in [0.2, 0.25) is 0 Å². The summed E-state index contributed by atoms with van der Waals surface area (Å²) >= 11 is 0. The molecule has 0 saturated carbocycles. The molecule has 0 unspecified atom stereocenters. The fraction of sp³-hybridized carbons (Fsp3) is 0.364. The number of rotatable bonds is 3. The highest BCUT2D eigenvalue weighted by molar-refractivity contribution is 5.81. The summed E-state index contributed by atoms with van der Waals surface area (Å²) in [4.78, 5) is 10.9. The number of carboxylic acid groups (broad SMARTS) is 1. The molecule has 1 aliphatic heterocycles. The number of carbonyl (C=O) groups is 1. The van der Waals surface area contributed by atoms with Crippen molar-refractivity contribution in [2.75, 3.05) is 7.11 Å². The van der Waals surface area contributed by atoms with Crippen molar-refractivity contribution >= 4 is 5.97 Å². The highest BCUT2D eigenvalue weighted by Gasteiger charge is 2.59. The number of ether oxygens (including phenoxy) is 2. The number of hydrogen-bond acceptors (Lipinski definition) is 3. The summed E-state index contributed by atoms with van der Waals surface area (Å²) in [5, 5.41) is 8.91. The lowest BCUT2D eigenvalue weighted by Crippen LogP contribution is -2.20. The van der Waals surface area contributed by atoms with Gasteiger partial charge in [-0.05, 0) is 24.6 Å². The highest BCUT2D eigenvalue weighted by Crippen LogP contribution is 2.49. The van der Waals surface area contributed by atoms with Crippen LogP contribution in [-0.4, -0.2) is 23.8 Å². The third kappa shape index (κ3) is 1.57. The minimum absolute atomic E-state index is 0.370. The smallest absolute Gasteiger partial charge is 0.338 e. The normalized spacial score (nSPS) is 28.5. The molecule has 0 bridgehead atoms. The first kappa shape index (κ1) is 9.98. The molecule has 80 valence electrons. The van der Waals surface area contributed by atoms with Crippen LogP contribution in [0.1, 0.15) is 18.6 Å². The third-order valence-corrected chi connectivity index (χ3v) is 2.63. The second-order valence-electron chi connectivity index (χ2n) is 3.69. The van der Waals surface area contributed by atoms with E-state index in [1.54, 1.807) is 20.1 Å². The second kappa shape index (κ2) is 3.24. The van der Waals surface area contributed by atoms with E-state index in [2.05, 4.69) is 0 Å². The maximum atomic E-state index is 10.9. The number of benzene rings is 1. The molecule has 4 heteroatoms. The van der Waals surface area contributed by atoms with Crippen LogP contribution in [0.4, 0.5) is 0 Å². The van der Waals surface area contributed by atoms with Crippen LogP contribution in [0.15, 0.2) is 24.3 Å². The van der Waals surface area contributed by atoms with Gasteiger partial charge in [0.1, 0.15) is 11.9 Å². The zero-order chi connectivity index (χ0) is 11.1. The van der Waals surface area contributed by atoms with E-state index < -0.39 is 11.6 Å². The van der Waals surface area contributed by atoms with Crippen molar-refractivity contribution in [3.8, 4) is 5.75 Å². The van der Waals surface area contributed by atoms with Crippen molar-refractivity contribution in [1.82, 2.24) is 0 Å². The molecule has 1 N–H and O–H groups in total. The fourth-order valence-corrected chi connectivity index (χ4v) is 1.56. The lowest BCUT2D eigenvalue weighted by Gasteiger charge is -2.02. The van der Waals surface area contributed by atoms with Gasteiger partial charge in [0.25, 0.3) is 0 Å². The quantitative estimate of drug-likeness (QED) is 0.766. The van der Waals surface area contributed by atoms with E-state index in [4.69, 9.17) is 14.6 Å². The van der Waals surface area contributed by atoms with Crippen LogP contribution < -0.4 is 4.74 Å². The predicted octanol–water partition coefficient (Wildman–Crippen LogP) is 1.61. The van der Waals surface area contributed by atoms with Gasteiger partial charge in [-0.3, -0.25) is 0 Å². The average Bonchev–Trinajstić information content (AvgIpc) is 2.93. The summed E-state index contributed by atoms with van der Waals surface area (Å²) in [6, 6.07) is 7.25. The van der Waals surface area contributed by atoms with Crippen molar-refractivity contribution in [1.29, 1.82) is 0 Å². The molecule has 2 atom stereocenters. The Morgan fingerprint density at radius 3 is 2.87 bits per heavy atom. The summed E-state index contributed by atoms with van der Waals surface area (Å²) in [6.07, 6.45) is -0.370. The predicted molar refractivity (Wildman–Crippen MR) is 52.9 cm³/mol. The average molecular weight is 208 g/mol. The Kier molecular flexibility index (Phi) is 2.16. The Balaban J connectivity index is 2.23. The van der Waals surface area contributed by atoms with Gasteiger partial charge in [0.15, 0.2) is 5.60 Å². The van der Waals surface area contributed by atoms with E-state index in [9.17, 15) is 4.79 Å². The van der Waals surface area contributed by atoms with Gasteiger partial charge in [0, 0.05) is 0 Å². The molecule has 1 aliphatic rings. The summed E-state index contributed by atoms with van der Waals surface area (Å²) in [5.41, 5.74) is -0.244. The number of methoxy groups -OCH3 is 1. The van der Waals surface area contributed by atoms with Gasteiger partial charge >= 0.3 is 5.97 Å². The van der Waals surface area contributed by atoms with E-state index in [0.717, 1.165) is 5.56 Å². The van der Waals surface area contributed by atoms with Gasteiger partial charge < -0.3 is 14.6 Å². The van der Waals surface area contributed by atoms with E-state index in [0.29, 0.717) is 5.75 Å². The fourth-order valence-electron chi connectivity index (χ4n) is 1.56. The van der Waals surface area contributed by atoms with E-state index >= 15 is 0 Å². The van der Waals surface area contributed by atoms with Gasteiger partial charge in [0.05, 0.1) is 7.11 Å². The third-order valence-electron chi connectivity index (χ3n) is 2.63. The van der Waals surface area contributed by atoms with Crippen LogP contribution in [0.5, 0.6) is 5.75 Å². The van der Waals surface area contributed by atoms with Gasteiger partial charge in [-0.2, -0.15) is 0 Å². The molecule has 0 amide bonds. The number of carboxylic acids is 1. The minimum atomic E-state index is -1.08. The number of hydrogen-bond donors (Lipinski definition) is 1. The molecule has 1 aromatic carbocycles. The lowest BCUT2D eigenvalue weighted by atomic mass is 10.0. The molecule has 2 rings (SSSR count). The Morgan fingerprint density at radius 1 is 1.60 bits per heavy atom. The van der Waals surface area contributed by atoms with Gasteiger partial charge in [-0.1, -0.05) is 12.1 Å². The molecule has 4 nitrogen and oxygen atoms in total. The molecule has 0 aromatic heterocycles. The summed E-state index contributed by atoms with van der Waals surface area (Å²) in [7, 11) is 1.57. The SMILES string of the molecule is COc1cccc([C@@H]2O[C@@]2(C)C(=O)O)c1. The zero-order valence-electron chi connectivity index (χ0n) is 8.56. The topological polar surface area (TPSA) is 59.1 Å². The van der Waals surface area contributed by atoms with Crippen LogP contribution in [0.2, 0.25) is 0 Å². The molecule has 1 aromatic rings. The first-order chi connectivity index (χ1) is 7.08. The number of epoxide rings is 1. The first-order valence-corrected chi connectivity index (χ1v) is 4.63. The minimum Gasteiger partial charge on any atom is -0.497 e. The Labute approximate surface area is 87.4 Å². The maximum absolute atomic E-state index is 10.9. The molecule has 15 heavy (non-hydrogen) atoms. The molecule has 0 aliphatic carbocycles. The van der Waals surface area contributed by atoms with Crippen LogP contribution in [0.25, 0.3) is 0 Å². The Bertz CT molecular complexity index is 401. The van der Waals surface area contributed by atoms with Crippen LogP contribution in [-0.2, 0) is 9.53 Å². The van der Waals surface area contributed by atoms with E-state index in [1.165, 1.54) is 0 Å². The Hall–Kier alpha value is -1.55.